The first-order valence-corrected chi connectivity index (χ1v) is 8.46. The summed E-state index contributed by atoms with van der Waals surface area (Å²) in [5, 5.41) is 0. The van der Waals surface area contributed by atoms with Gasteiger partial charge < -0.3 is 4.74 Å². The van der Waals surface area contributed by atoms with E-state index in [-0.39, 0.29) is 17.8 Å². The van der Waals surface area contributed by atoms with Crippen LogP contribution in [0.5, 0.6) is 0 Å². The standard InChI is InChI=1S/C19H18FN3O3/c1-13-12-23(19(25)26-13)15-7-8-17(16(20)11-15)22-10-9-21(18(22)24)14-5-3-2-4-6-14/h2-8,11,13H,9-10,12H2,1H3. The van der Waals surface area contributed by atoms with Gasteiger partial charge in [0.15, 0.2) is 0 Å². The van der Waals surface area contributed by atoms with Crippen molar-refractivity contribution in [2.45, 2.75) is 13.0 Å². The Morgan fingerprint density at radius 1 is 0.962 bits per heavy atom. The average molecular weight is 355 g/mol. The lowest BCUT2D eigenvalue weighted by atomic mass is 10.2. The molecule has 0 radical (unpaired) electrons. The number of carbonyl (C=O) groups excluding carboxylic acids is 2. The molecule has 0 spiro atoms. The van der Waals surface area contributed by atoms with Crippen molar-refractivity contribution in [2.75, 3.05) is 34.3 Å². The van der Waals surface area contributed by atoms with Crippen LogP contribution in [0.15, 0.2) is 48.5 Å². The molecule has 2 aromatic rings. The molecule has 2 saturated heterocycles. The number of ether oxygens (including phenoxy) is 1. The number of halogens is 1. The Hall–Kier alpha value is -3.09. The van der Waals surface area contributed by atoms with Crippen molar-refractivity contribution >= 4 is 29.2 Å². The smallest absolute Gasteiger partial charge is 0.414 e. The van der Waals surface area contributed by atoms with Gasteiger partial charge in [0.25, 0.3) is 0 Å². The molecule has 26 heavy (non-hydrogen) atoms. The summed E-state index contributed by atoms with van der Waals surface area (Å²) in [6.45, 7) is 3.04. The number of nitrogens with zero attached hydrogens (tertiary/aromatic N) is 3. The topological polar surface area (TPSA) is 53.1 Å². The summed E-state index contributed by atoms with van der Waals surface area (Å²) in [4.78, 5) is 28.9. The molecule has 2 aliphatic heterocycles. The van der Waals surface area contributed by atoms with Gasteiger partial charge in [-0.15, -0.1) is 0 Å². The van der Waals surface area contributed by atoms with Crippen LogP contribution in [-0.2, 0) is 4.74 Å². The number of para-hydroxylation sites is 1. The summed E-state index contributed by atoms with van der Waals surface area (Å²) < 4.78 is 19.8. The Labute approximate surface area is 150 Å². The maximum atomic E-state index is 14.7. The maximum Gasteiger partial charge on any atom is 0.414 e. The molecule has 0 aromatic heterocycles. The van der Waals surface area contributed by atoms with Crippen LogP contribution in [0.3, 0.4) is 0 Å². The van der Waals surface area contributed by atoms with Gasteiger partial charge in [-0.05, 0) is 37.3 Å². The summed E-state index contributed by atoms with van der Waals surface area (Å²) in [7, 11) is 0. The van der Waals surface area contributed by atoms with Crippen molar-refractivity contribution < 1.29 is 18.7 Å². The Morgan fingerprint density at radius 2 is 1.69 bits per heavy atom. The predicted octanol–water partition coefficient (Wildman–Crippen LogP) is 3.62. The van der Waals surface area contributed by atoms with Crippen molar-refractivity contribution in [3.05, 3.63) is 54.3 Å². The quantitative estimate of drug-likeness (QED) is 0.845. The summed E-state index contributed by atoms with van der Waals surface area (Å²) in [6, 6.07) is 13.5. The molecule has 1 atom stereocenters. The van der Waals surface area contributed by atoms with E-state index >= 15 is 0 Å². The molecule has 0 N–H and O–H groups in total. The molecule has 2 aliphatic rings. The van der Waals surface area contributed by atoms with Gasteiger partial charge in [0, 0.05) is 18.8 Å². The highest BCUT2D eigenvalue weighted by atomic mass is 19.1. The van der Waals surface area contributed by atoms with Crippen molar-refractivity contribution in [3.8, 4) is 0 Å². The summed E-state index contributed by atoms with van der Waals surface area (Å²) >= 11 is 0. The number of urea groups is 1. The number of anilines is 3. The Kier molecular flexibility index (Phi) is 3.99. The van der Waals surface area contributed by atoms with Crippen LogP contribution in [0.1, 0.15) is 6.92 Å². The monoisotopic (exact) mass is 355 g/mol. The molecule has 7 heteroatoms. The third-order valence-electron chi connectivity index (χ3n) is 4.57. The SMILES string of the molecule is CC1CN(c2ccc(N3CCN(c4ccccc4)C3=O)c(F)c2)C(=O)O1. The van der Waals surface area contributed by atoms with E-state index in [1.807, 2.05) is 30.3 Å². The van der Waals surface area contributed by atoms with E-state index in [0.717, 1.165) is 5.69 Å². The van der Waals surface area contributed by atoms with Gasteiger partial charge in [0.05, 0.1) is 17.9 Å². The van der Waals surface area contributed by atoms with Gasteiger partial charge in [-0.25, -0.2) is 14.0 Å². The lowest BCUT2D eigenvalue weighted by molar-refractivity contribution is 0.150. The van der Waals surface area contributed by atoms with Crippen LogP contribution in [0.25, 0.3) is 0 Å². The summed E-state index contributed by atoms with van der Waals surface area (Å²) in [6.07, 6.45) is -0.720. The number of cyclic esters (lactones) is 1. The van der Waals surface area contributed by atoms with Crippen molar-refractivity contribution in [1.82, 2.24) is 0 Å². The average Bonchev–Trinajstić information content (AvgIpc) is 3.17. The molecule has 0 aliphatic carbocycles. The molecule has 4 rings (SSSR count). The minimum atomic E-state index is -0.543. The van der Waals surface area contributed by atoms with Crippen molar-refractivity contribution in [2.24, 2.45) is 0 Å². The first kappa shape index (κ1) is 16.4. The lowest BCUT2D eigenvalue weighted by Crippen LogP contribution is -2.32. The van der Waals surface area contributed by atoms with Crippen LogP contribution in [-0.4, -0.2) is 37.9 Å². The molecule has 0 saturated carbocycles. The first-order chi connectivity index (χ1) is 12.5. The zero-order chi connectivity index (χ0) is 18.3. The van der Waals surface area contributed by atoms with Gasteiger partial charge in [0.2, 0.25) is 0 Å². The van der Waals surface area contributed by atoms with Crippen LogP contribution in [0.2, 0.25) is 0 Å². The fraction of sp³-hybridized carbons (Fsp3) is 0.263. The molecular formula is C19H18FN3O3. The predicted molar refractivity (Wildman–Crippen MR) is 96.2 cm³/mol. The zero-order valence-corrected chi connectivity index (χ0v) is 14.3. The molecule has 134 valence electrons. The van der Waals surface area contributed by atoms with E-state index in [4.69, 9.17) is 4.74 Å². The van der Waals surface area contributed by atoms with Gasteiger partial charge in [-0.3, -0.25) is 14.7 Å². The van der Waals surface area contributed by atoms with E-state index in [1.54, 1.807) is 17.9 Å². The van der Waals surface area contributed by atoms with Gasteiger partial charge >= 0.3 is 12.1 Å². The van der Waals surface area contributed by atoms with E-state index < -0.39 is 11.9 Å². The minimum absolute atomic E-state index is 0.206. The molecule has 2 heterocycles. The minimum Gasteiger partial charge on any atom is -0.444 e. The van der Waals surface area contributed by atoms with Gasteiger partial charge in [0.1, 0.15) is 11.9 Å². The highest BCUT2D eigenvalue weighted by Gasteiger charge is 2.33. The molecule has 0 bridgehead atoms. The van der Waals surface area contributed by atoms with Crippen LogP contribution >= 0.6 is 0 Å². The summed E-state index contributed by atoms with van der Waals surface area (Å²) in [5.41, 5.74) is 1.41. The lowest BCUT2D eigenvalue weighted by Gasteiger charge is -2.20. The van der Waals surface area contributed by atoms with Crippen LogP contribution in [0.4, 0.5) is 31.0 Å². The number of hydrogen-bond acceptors (Lipinski definition) is 3. The molecule has 1 unspecified atom stereocenters. The van der Waals surface area contributed by atoms with E-state index in [9.17, 15) is 14.0 Å². The number of benzene rings is 2. The fourth-order valence-corrected chi connectivity index (χ4v) is 3.31. The second kappa shape index (κ2) is 6.33. The highest BCUT2D eigenvalue weighted by Crippen LogP contribution is 2.31. The number of carbonyl (C=O) groups is 2. The first-order valence-electron chi connectivity index (χ1n) is 8.46. The van der Waals surface area contributed by atoms with E-state index in [1.165, 1.54) is 21.9 Å². The third kappa shape index (κ3) is 2.75. The Bertz CT molecular complexity index is 858. The van der Waals surface area contributed by atoms with E-state index in [0.29, 0.717) is 25.3 Å². The maximum absolute atomic E-state index is 14.7. The fourth-order valence-electron chi connectivity index (χ4n) is 3.31. The van der Waals surface area contributed by atoms with Gasteiger partial charge in [-0.1, -0.05) is 18.2 Å². The second-order valence-electron chi connectivity index (χ2n) is 6.36. The molecule has 2 fully saturated rings. The highest BCUT2D eigenvalue weighted by molar-refractivity contribution is 6.06. The van der Waals surface area contributed by atoms with Crippen LogP contribution in [0, 0.1) is 5.82 Å². The largest absolute Gasteiger partial charge is 0.444 e. The molecular weight excluding hydrogens is 337 g/mol. The third-order valence-corrected chi connectivity index (χ3v) is 4.57. The van der Waals surface area contributed by atoms with Crippen molar-refractivity contribution in [1.29, 1.82) is 0 Å². The van der Waals surface area contributed by atoms with E-state index in [2.05, 4.69) is 0 Å². The summed E-state index contributed by atoms with van der Waals surface area (Å²) in [5.74, 6) is -0.543. The van der Waals surface area contributed by atoms with Crippen molar-refractivity contribution in [3.63, 3.8) is 0 Å². The normalized spacial score (nSPS) is 20.1. The second-order valence-corrected chi connectivity index (χ2v) is 6.36. The number of amides is 3. The Balaban J connectivity index is 1.57. The number of rotatable bonds is 3. The van der Waals surface area contributed by atoms with Gasteiger partial charge in [-0.2, -0.15) is 0 Å². The molecule has 6 nitrogen and oxygen atoms in total. The molecule has 3 amide bonds. The Morgan fingerprint density at radius 3 is 2.35 bits per heavy atom. The molecule has 2 aromatic carbocycles. The zero-order valence-electron chi connectivity index (χ0n) is 14.3. The number of hydrogen-bond donors (Lipinski definition) is 0. The van der Waals surface area contributed by atoms with Crippen LogP contribution < -0.4 is 14.7 Å².